The molecule has 0 heterocycles. The third-order valence-corrected chi connectivity index (χ3v) is 4.99. The standard InChI is InChI=1S/C20H10N4O12/c25-19(26)14-6-5-12(11-3-1-9(21(29)30)7-15(11)23(33)34)18(20(27)28)17(14)13-4-2-10(22(31)32)8-16(13)24(35)36/h1-8H,(H,25,26)(H,27,28). The number of nitrogens with zero attached hydrogens (tertiary/aromatic N) is 4. The lowest BCUT2D eigenvalue weighted by molar-refractivity contribution is -0.394. The molecule has 0 saturated heterocycles. The van der Waals surface area contributed by atoms with Crippen LogP contribution in [0.15, 0.2) is 48.5 Å². The topological polar surface area (TPSA) is 247 Å². The molecule has 3 aromatic rings. The Kier molecular flexibility index (Phi) is 6.36. The molecule has 16 heteroatoms. The molecular formula is C20H10N4O12. The molecule has 0 unspecified atom stereocenters. The van der Waals surface area contributed by atoms with Crippen molar-refractivity contribution in [1.82, 2.24) is 0 Å². The molecule has 16 nitrogen and oxygen atoms in total. The Bertz CT molecular complexity index is 1510. The van der Waals surface area contributed by atoms with Gasteiger partial charge in [0.2, 0.25) is 0 Å². The largest absolute Gasteiger partial charge is 0.478 e. The molecule has 0 bridgehead atoms. The summed E-state index contributed by atoms with van der Waals surface area (Å²) < 4.78 is 0. The van der Waals surface area contributed by atoms with Crippen LogP contribution >= 0.6 is 0 Å². The van der Waals surface area contributed by atoms with Gasteiger partial charge in [0, 0.05) is 23.3 Å². The minimum Gasteiger partial charge on any atom is -0.478 e. The summed E-state index contributed by atoms with van der Waals surface area (Å²) in [6.45, 7) is 0. The summed E-state index contributed by atoms with van der Waals surface area (Å²) >= 11 is 0. The van der Waals surface area contributed by atoms with Crippen LogP contribution in [0.2, 0.25) is 0 Å². The van der Waals surface area contributed by atoms with Crippen LogP contribution in [0.4, 0.5) is 22.7 Å². The zero-order valence-corrected chi connectivity index (χ0v) is 17.4. The monoisotopic (exact) mass is 498 g/mol. The number of hydrogen-bond donors (Lipinski definition) is 2. The number of rotatable bonds is 8. The molecule has 0 aliphatic heterocycles. The second-order valence-corrected chi connectivity index (χ2v) is 6.95. The maximum Gasteiger partial charge on any atom is 0.336 e. The van der Waals surface area contributed by atoms with E-state index in [-0.39, 0.29) is 0 Å². The maximum atomic E-state index is 12.3. The Balaban J connectivity index is 2.52. The van der Waals surface area contributed by atoms with Crippen LogP contribution in [0.25, 0.3) is 22.3 Å². The van der Waals surface area contributed by atoms with Crippen molar-refractivity contribution in [2.24, 2.45) is 0 Å². The molecule has 0 spiro atoms. The van der Waals surface area contributed by atoms with Gasteiger partial charge in [-0.05, 0) is 18.2 Å². The lowest BCUT2D eigenvalue weighted by Gasteiger charge is -2.15. The molecular weight excluding hydrogens is 488 g/mol. The van der Waals surface area contributed by atoms with Gasteiger partial charge in [0.05, 0.1) is 54.1 Å². The predicted molar refractivity (Wildman–Crippen MR) is 118 cm³/mol. The molecule has 0 fully saturated rings. The van der Waals surface area contributed by atoms with E-state index in [1.807, 2.05) is 0 Å². The zero-order valence-electron chi connectivity index (χ0n) is 17.4. The third kappa shape index (κ3) is 4.36. The first kappa shape index (κ1) is 24.8. The van der Waals surface area contributed by atoms with Crippen LogP contribution in [-0.4, -0.2) is 41.8 Å². The van der Waals surface area contributed by atoms with Gasteiger partial charge in [-0.3, -0.25) is 40.5 Å². The number of carbonyl (C=O) groups is 2. The summed E-state index contributed by atoms with van der Waals surface area (Å²) in [5, 5.41) is 65.0. The molecule has 0 aliphatic rings. The Morgan fingerprint density at radius 3 is 1.44 bits per heavy atom. The van der Waals surface area contributed by atoms with E-state index in [1.54, 1.807) is 0 Å². The lowest BCUT2D eigenvalue weighted by Crippen LogP contribution is -2.11. The van der Waals surface area contributed by atoms with Gasteiger partial charge in [0.15, 0.2) is 0 Å². The fourth-order valence-electron chi connectivity index (χ4n) is 3.52. The first-order valence-electron chi connectivity index (χ1n) is 9.35. The second-order valence-electron chi connectivity index (χ2n) is 6.95. The molecule has 0 amide bonds. The molecule has 0 aliphatic carbocycles. The smallest absolute Gasteiger partial charge is 0.336 e. The Morgan fingerprint density at radius 1 is 0.583 bits per heavy atom. The highest BCUT2D eigenvalue weighted by atomic mass is 16.6. The van der Waals surface area contributed by atoms with E-state index in [0.717, 1.165) is 36.4 Å². The highest BCUT2D eigenvalue weighted by Gasteiger charge is 2.32. The van der Waals surface area contributed by atoms with Gasteiger partial charge in [-0.1, -0.05) is 6.07 Å². The lowest BCUT2D eigenvalue weighted by atomic mass is 9.86. The van der Waals surface area contributed by atoms with Crippen molar-refractivity contribution in [3.63, 3.8) is 0 Å². The summed E-state index contributed by atoms with van der Waals surface area (Å²) in [5.41, 5.74) is -7.27. The van der Waals surface area contributed by atoms with E-state index in [2.05, 4.69) is 0 Å². The van der Waals surface area contributed by atoms with E-state index in [9.17, 15) is 60.3 Å². The van der Waals surface area contributed by atoms with Gasteiger partial charge >= 0.3 is 11.9 Å². The van der Waals surface area contributed by atoms with Crippen LogP contribution < -0.4 is 0 Å². The van der Waals surface area contributed by atoms with Gasteiger partial charge < -0.3 is 10.2 Å². The molecule has 3 rings (SSSR count). The molecule has 0 radical (unpaired) electrons. The van der Waals surface area contributed by atoms with Crippen molar-refractivity contribution in [2.45, 2.75) is 0 Å². The normalized spacial score (nSPS) is 10.4. The van der Waals surface area contributed by atoms with E-state index in [1.165, 1.54) is 0 Å². The van der Waals surface area contributed by atoms with Gasteiger partial charge in [0.1, 0.15) is 0 Å². The van der Waals surface area contributed by atoms with E-state index >= 15 is 0 Å². The number of nitro benzene ring substituents is 4. The van der Waals surface area contributed by atoms with Crippen LogP contribution in [0.1, 0.15) is 20.7 Å². The summed E-state index contributed by atoms with van der Waals surface area (Å²) in [6.07, 6.45) is 0. The maximum absolute atomic E-state index is 12.3. The summed E-state index contributed by atoms with van der Waals surface area (Å²) in [7, 11) is 0. The van der Waals surface area contributed by atoms with E-state index in [0.29, 0.717) is 12.1 Å². The SMILES string of the molecule is O=C(O)c1ccc(-c2ccc([N+](=O)[O-])cc2[N+](=O)[O-])c(C(=O)O)c1-c1ccc([N+](=O)[O-])cc1[N+](=O)[O-]. The van der Waals surface area contributed by atoms with Gasteiger partial charge in [-0.25, -0.2) is 9.59 Å². The fraction of sp³-hybridized carbons (Fsp3) is 0. The molecule has 0 saturated carbocycles. The summed E-state index contributed by atoms with van der Waals surface area (Å²) in [5.74, 6) is -3.56. The van der Waals surface area contributed by atoms with Crippen molar-refractivity contribution in [3.05, 3.63) is 100 Å². The zero-order chi connectivity index (χ0) is 26.9. The summed E-state index contributed by atoms with van der Waals surface area (Å²) in [6, 6.07) is 6.14. The van der Waals surface area contributed by atoms with Crippen LogP contribution in [0.5, 0.6) is 0 Å². The van der Waals surface area contributed by atoms with Crippen LogP contribution in [0, 0.1) is 40.5 Å². The van der Waals surface area contributed by atoms with Crippen molar-refractivity contribution < 1.29 is 39.5 Å². The number of carboxylic acid groups (broad SMARTS) is 2. The first-order valence-corrected chi connectivity index (χ1v) is 9.35. The Hall–Kier alpha value is -5.80. The average Bonchev–Trinajstić information content (AvgIpc) is 2.81. The first-order chi connectivity index (χ1) is 16.8. The van der Waals surface area contributed by atoms with Crippen LogP contribution in [0.3, 0.4) is 0 Å². The fourth-order valence-corrected chi connectivity index (χ4v) is 3.52. The highest BCUT2D eigenvalue weighted by molar-refractivity contribution is 6.11. The Labute approximate surface area is 197 Å². The van der Waals surface area contributed by atoms with Crippen molar-refractivity contribution in [1.29, 1.82) is 0 Å². The van der Waals surface area contributed by atoms with Gasteiger partial charge in [-0.15, -0.1) is 0 Å². The van der Waals surface area contributed by atoms with Gasteiger partial charge in [-0.2, -0.15) is 0 Å². The molecule has 2 N–H and O–H groups in total. The molecule has 182 valence electrons. The quantitative estimate of drug-likeness (QED) is 0.329. The number of nitro groups is 4. The predicted octanol–water partition coefficient (Wildman–Crippen LogP) is 4.05. The number of aromatic carboxylic acids is 2. The molecule has 3 aromatic carbocycles. The molecule has 36 heavy (non-hydrogen) atoms. The van der Waals surface area contributed by atoms with Crippen molar-refractivity contribution >= 4 is 34.7 Å². The van der Waals surface area contributed by atoms with E-state index in [4.69, 9.17) is 0 Å². The number of non-ortho nitro benzene ring substituents is 2. The minimum atomic E-state index is -1.84. The molecule has 0 aromatic heterocycles. The van der Waals surface area contributed by atoms with E-state index < -0.39 is 87.8 Å². The summed E-state index contributed by atoms with van der Waals surface area (Å²) in [4.78, 5) is 65.7. The van der Waals surface area contributed by atoms with Crippen molar-refractivity contribution in [3.8, 4) is 22.3 Å². The minimum absolute atomic E-state index is 0.453. The average molecular weight is 498 g/mol. The molecule has 0 atom stereocenters. The highest BCUT2D eigenvalue weighted by Crippen LogP contribution is 2.43. The Morgan fingerprint density at radius 2 is 1.03 bits per heavy atom. The number of hydrogen-bond acceptors (Lipinski definition) is 10. The number of carboxylic acids is 2. The van der Waals surface area contributed by atoms with Crippen molar-refractivity contribution in [2.75, 3.05) is 0 Å². The third-order valence-electron chi connectivity index (χ3n) is 4.99. The van der Waals surface area contributed by atoms with Gasteiger partial charge in [0.25, 0.3) is 22.7 Å². The van der Waals surface area contributed by atoms with Crippen LogP contribution in [-0.2, 0) is 0 Å². The number of benzene rings is 3. The second kappa shape index (κ2) is 9.21.